The molecule has 28 heavy (non-hydrogen) atoms. The van der Waals surface area contributed by atoms with Gasteiger partial charge in [0.2, 0.25) is 5.90 Å². The number of halogens is 3. The molecule has 144 valence electrons. The minimum absolute atomic E-state index is 0.0725. The number of ether oxygens (including phenoxy) is 3. The maximum absolute atomic E-state index is 12.2. The van der Waals surface area contributed by atoms with Crippen LogP contribution in [0, 0.1) is 3.57 Å². The number of cyclic esters (lactones) is 1. The van der Waals surface area contributed by atoms with Crippen molar-refractivity contribution in [2.75, 3.05) is 7.11 Å². The highest BCUT2D eigenvalue weighted by Crippen LogP contribution is 2.37. The van der Waals surface area contributed by atoms with E-state index in [1.807, 2.05) is 6.07 Å². The van der Waals surface area contributed by atoms with Crippen molar-refractivity contribution in [3.8, 4) is 11.5 Å². The van der Waals surface area contributed by atoms with Gasteiger partial charge in [0.05, 0.1) is 22.7 Å². The molecule has 1 heterocycles. The monoisotopic (exact) mass is 531 g/mol. The minimum Gasteiger partial charge on any atom is -0.493 e. The van der Waals surface area contributed by atoms with Gasteiger partial charge < -0.3 is 14.2 Å². The van der Waals surface area contributed by atoms with E-state index in [1.165, 1.54) is 26.2 Å². The Hall–Kier alpha value is -2.10. The molecule has 0 aliphatic carbocycles. The standard InChI is InChI=1S/C19H12Cl2INO5/c1-9(24)27-17-14(21)5-10(7-16(17)26-2)6-15-19(25)28-18(23-15)12-8-11(22)3-4-13(12)20/h3-8H,1-2H3/b15-6-. The minimum atomic E-state index is -0.621. The van der Waals surface area contributed by atoms with Gasteiger partial charge in [-0.3, -0.25) is 4.79 Å². The van der Waals surface area contributed by atoms with Crippen LogP contribution in [0.5, 0.6) is 11.5 Å². The number of carbonyl (C=O) groups excluding carboxylic acids is 2. The van der Waals surface area contributed by atoms with E-state index in [9.17, 15) is 9.59 Å². The number of benzene rings is 2. The predicted octanol–water partition coefficient (Wildman–Crippen LogP) is 4.88. The summed E-state index contributed by atoms with van der Waals surface area (Å²) in [7, 11) is 1.41. The average Bonchev–Trinajstić information content (AvgIpc) is 2.99. The molecule has 0 aromatic heterocycles. The Balaban J connectivity index is 2.00. The Kier molecular flexibility index (Phi) is 6.26. The zero-order valence-electron chi connectivity index (χ0n) is 14.6. The zero-order chi connectivity index (χ0) is 20.4. The Labute approximate surface area is 184 Å². The third kappa shape index (κ3) is 4.48. The smallest absolute Gasteiger partial charge is 0.363 e. The van der Waals surface area contributed by atoms with Crippen molar-refractivity contribution in [2.45, 2.75) is 6.92 Å². The summed E-state index contributed by atoms with van der Waals surface area (Å²) in [6.07, 6.45) is 1.49. The second kappa shape index (κ2) is 8.50. The van der Waals surface area contributed by atoms with Crippen molar-refractivity contribution < 1.29 is 23.8 Å². The second-order valence-electron chi connectivity index (χ2n) is 5.59. The molecule has 0 saturated carbocycles. The van der Waals surface area contributed by atoms with Crippen LogP contribution in [0.15, 0.2) is 41.0 Å². The quantitative estimate of drug-likeness (QED) is 0.243. The van der Waals surface area contributed by atoms with E-state index in [4.69, 9.17) is 37.4 Å². The molecule has 2 aromatic rings. The lowest BCUT2D eigenvalue weighted by molar-refractivity contribution is -0.132. The molecular weight excluding hydrogens is 520 g/mol. The molecule has 0 radical (unpaired) electrons. The maximum atomic E-state index is 12.2. The topological polar surface area (TPSA) is 74.2 Å². The number of rotatable bonds is 4. The van der Waals surface area contributed by atoms with Crippen LogP contribution in [0.1, 0.15) is 18.1 Å². The lowest BCUT2D eigenvalue weighted by Gasteiger charge is -2.10. The summed E-state index contributed by atoms with van der Waals surface area (Å²) in [6, 6.07) is 8.39. The molecule has 0 spiro atoms. The van der Waals surface area contributed by atoms with Gasteiger partial charge in [-0.05, 0) is 64.6 Å². The van der Waals surface area contributed by atoms with Crippen LogP contribution in [-0.4, -0.2) is 24.9 Å². The number of nitrogens with zero attached hydrogens (tertiary/aromatic N) is 1. The molecule has 0 amide bonds. The van der Waals surface area contributed by atoms with E-state index < -0.39 is 11.9 Å². The summed E-state index contributed by atoms with van der Waals surface area (Å²) in [5.41, 5.74) is 1.11. The van der Waals surface area contributed by atoms with Crippen LogP contribution in [0.4, 0.5) is 0 Å². The largest absolute Gasteiger partial charge is 0.493 e. The average molecular weight is 532 g/mol. The number of carbonyl (C=O) groups is 2. The number of hydrogen-bond donors (Lipinski definition) is 0. The van der Waals surface area contributed by atoms with Gasteiger partial charge in [0.1, 0.15) is 0 Å². The highest BCUT2D eigenvalue weighted by atomic mass is 127. The SMILES string of the molecule is COc1cc(/C=C2\N=C(c3cc(I)ccc3Cl)OC2=O)cc(Cl)c1OC(C)=O. The maximum Gasteiger partial charge on any atom is 0.363 e. The Morgan fingerprint density at radius 3 is 2.64 bits per heavy atom. The van der Waals surface area contributed by atoms with E-state index in [-0.39, 0.29) is 28.1 Å². The summed E-state index contributed by atoms with van der Waals surface area (Å²) < 4.78 is 16.5. The van der Waals surface area contributed by atoms with E-state index in [0.717, 1.165) is 3.57 Å². The third-order valence-electron chi connectivity index (χ3n) is 3.58. The fraction of sp³-hybridized carbons (Fsp3) is 0.105. The lowest BCUT2D eigenvalue weighted by atomic mass is 10.1. The van der Waals surface area contributed by atoms with Gasteiger partial charge in [-0.15, -0.1) is 0 Å². The first kappa shape index (κ1) is 20.6. The molecular formula is C19H12Cl2INO5. The first-order valence-corrected chi connectivity index (χ1v) is 9.66. The van der Waals surface area contributed by atoms with Crippen molar-refractivity contribution in [1.82, 2.24) is 0 Å². The third-order valence-corrected chi connectivity index (χ3v) is 4.86. The van der Waals surface area contributed by atoms with Gasteiger partial charge in [-0.1, -0.05) is 23.2 Å². The molecule has 1 aliphatic rings. The van der Waals surface area contributed by atoms with Gasteiger partial charge in [0.25, 0.3) is 0 Å². The summed E-state index contributed by atoms with van der Waals surface area (Å²) in [5, 5.41) is 0.571. The van der Waals surface area contributed by atoms with Crippen LogP contribution in [0.3, 0.4) is 0 Å². The van der Waals surface area contributed by atoms with E-state index in [2.05, 4.69) is 27.6 Å². The molecule has 0 saturated heterocycles. The molecule has 0 fully saturated rings. The Morgan fingerprint density at radius 2 is 1.96 bits per heavy atom. The first-order chi connectivity index (χ1) is 13.3. The molecule has 3 rings (SSSR count). The van der Waals surface area contributed by atoms with Gasteiger partial charge in [-0.2, -0.15) is 0 Å². The molecule has 2 aromatic carbocycles. The fourth-order valence-corrected chi connectivity index (χ4v) is 3.36. The molecule has 0 bridgehead atoms. The molecule has 0 atom stereocenters. The first-order valence-electron chi connectivity index (χ1n) is 7.82. The van der Waals surface area contributed by atoms with Crippen molar-refractivity contribution in [2.24, 2.45) is 4.99 Å². The van der Waals surface area contributed by atoms with Gasteiger partial charge in [0.15, 0.2) is 17.2 Å². The molecule has 0 unspecified atom stereocenters. The lowest BCUT2D eigenvalue weighted by Crippen LogP contribution is -2.06. The molecule has 9 heteroatoms. The van der Waals surface area contributed by atoms with Crippen molar-refractivity contribution in [1.29, 1.82) is 0 Å². The highest BCUT2D eigenvalue weighted by molar-refractivity contribution is 14.1. The Morgan fingerprint density at radius 1 is 1.21 bits per heavy atom. The summed E-state index contributed by atoms with van der Waals surface area (Å²) in [4.78, 5) is 27.7. The van der Waals surface area contributed by atoms with Crippen LogP contribution in [-0.2, 0) is 14.3 Å². The number of hydrogen-bond acceptors (Lipinski definition) is 6. The van der Waals surface area contributed by atoms with Crippen molar-refractivity contribution in [3.05, 3.63) is 60.8 Å². The predicted molar refractivity (Wildman–Crippen MR) is 114 cm³/mol. The molecule has 0 N–H and O–H groups in total. The van der Waals surface area contributed by atoms with Crippen molar-refractivity contribution >= 4 is 69.7 Å². The zero-order valence-corrected chi connectivity index (χ0v) is 18.3. The van der Waals surface area contributed by atoms with E-state index in [1.54, 1.807) is 18.2 Å². The van der Waals surface area contributed by atoms with Gasteiger partial charge in [-0.25, -0.2) is 9.79 Å². The van der Waals surface area contributed by atoms with Crippen LogP contribution < -0.4 is 9.47 Å². The fourth-order valence-electron chi connectivity index (χ4n) is 2.41. The van der Waals surface area contributed by atoms with Crippen LogP contribution in [0.2, 0.25) is 10.0 Å². The Bertz CT molecular complexity index is 1050. The second-order valence-corrected chi connectivity index (χ2v) is 7.65. The normalized spacial score (nSPS) is 14.7. The number of esters is 2. The van der Waals surface area contributed by atoms with E-state index in [0.29, 0.717) is 16.1 Å². The molecule has 6 nitrogen and oxygen atoms in total. The van der Waals surface area contributed by atoms with Gasteiger partial charge in [0, 0.05) is 10.5 Å². The summed E-state index contributed by atoms with van der Waals surface area (Å²) >= 11 is 14.5. The highest BCUT2D eigenvalue weighted by Gasteiger charge is 2.26. The number of aliphatic imine (C=N–C) groups is 1. The summed E-state index contributed by atoms with van der Waals surface area (Å²) in [6.45, 7) is 1.26. The van der Waals surface area contributed by atoms with Gasteiger partial charge >= 0.3 is 11.9 Å². The van der Waals surface area contributed by atoms with E-state index >= 15 is 0 Å². The molecule has 1 aliphatic heterocycles. The van der Waals surface area contributed by atoms with Crippen LogP contribution >= 0.6 is 45.8 Å². The number of methoxy groups -OCH3 is 1. The summed E-state index contributed by atoms with van der Waals surface area (Å²) in [5.74, 6) is -0.693. The van der Waals surface area contributed by atoms with Crippen LogP contribution in [0.25, 0.3) is 6.08 Å². The van der Waals surface area contributed by atoms with Crippen molar-refractivity contribution in [3.63, 3.8) is 0 Å².